The van der Waals surface area contributed by atoms with Gasteiger partial charge in [-0.15, -0.1) is 0 Å². The molecule has 1 saturated heterocycles. The van der Waals surface area contributed by atoms with E-state index in [0.717, 1.165) is 26.2 Å². The Hall–Kier alpha value is -0.120. The SMILES string of the molecule is CCC(C)NCCN1CC(C)OCC1CC. The van der Waals surface area contributed by atoms with E-state index in [1.54, 1.807) is 0 Å². The van der Waals surface area contributed by atoms with Crippen LogP contribution in [0.1, 0.15) is 40.5 Å². The van der Waals surface area contributed by atoms with Crippen LogP contribution in [0, 0.1) is 0 Å². The van der Waals surface area contributed by atoms with Gasteiger partial charge < -0.3 is 10.1 Å². The van der Waals surface area contributed by atoms with Crippen LogP contribution >= 0.6 is 0 Å². The van der Waals surface area contributed by atoms with Crippen LogP contribution in [0.2, 0.25) is 0 Å². The molecule has 0 bridgehead atoms. The molecule has 1 fully saturated rings. The van der Waals surface area contributed by atoms with Crippen molar-refractivity contribution in [2.45, 2.75) is 58.7 Å². The zero-order valence-corrected chi connectivity index (χ0v) is 11.3. The molecular formula is C13H28N2O. The number of hydrogen-bond acceptors (Lipinski definition) is 3. The molecule has 0 aromatic carbocycles. The molecule has 1 aliphatic rings. The first-order chi connectivity index (χ1) is 7.67. The lowest BCUT2D eigenvalue weighted by molar-refractivity contribution is -0.0552. The normalized spacial score (nSPS) is 29.2. The molecule has 0 aliphatic carbocycles. The standard InChI is InChI=1S/C13H28N2O/c1-5-11(3)14-7-8-15-9-12(4)16-10-13(15)6-2/h11-14H,5-10H2,1-4H3. The Bertz CT molecular complexity index is 187. The van der Waals surface area contributed by atoms with Gasteiger partial charge in [-0.3, -0.25) is 4.90 Å². The number of rotatable bonds is 6. The van der Waals surface area contributed by atoms with Crippen LogP contribution in [0.5, 0.6) is 0 Å². The Morgan fingerprint density at radius 1 is 1.44 bits per heavy atom. The van der Waals surface area contributed by atoms with Crippen molar-refractivity contribution < 1.29 is 4.74 Å². The molecule has 1 aliphatic heterocycles. The second-order valence-electron chi connectivity index (χ2n) is 4.96. The zero-order valence-electron chi connectivity index (χ0n) is 11.3. The highest BCUT2D eigenvalue weighted by Gasteiger charge is 2.24. The van der Waals surface area contributed by atoms with Gasteiger partial charge in [-0.1, -0.05) is 13.8 Å². The molecule has 0 radical (unpaired) electrons. The fourth-order valence-corrected chi connectivity index (χ4v) is 2.16. The minimum Gasteiger partial charge on any atom is -0.376 e. The predicted octanol–water partition coefficient (Wildman–Crippen LogP) is 1.87. The van der Waals surface area contributed by atoms with Gasteiger partial charge in [0.2, 0.25) is 0 Å². The van der Waals surface area contributed by atoms with Gasteiger partial charge in [-0.25, -0.2) is 0 Å². The average molecular weight is 228 g/mol. The zero-order chi connectivity index (χ0) is 12.0. The second-order valence-corrected chi connectivity index (χ2v) is 4.96. The molecule has 3 atom stereocenters. The largest absolute Gasteiger partial charge is 0.376 e. The molecule has 0 spiro atoms. The van der Waals surface area contributed by atoms with Crippen LogP contribution in [0.3, 0.4) is 0 Å². The van der Waals surface area contributed by atoms with Crippen LogP contribution in [-0.2, 0) is 4.74 Å². The van der Waals surface area contributed by atoms with E-state index in [1.165, 1.54) is 12.8 Å². The van der Waals surface area contributed by atoms with E-state index in [1.807, 2.05) is 0 Å². The van der Waals surface area contributed by atoms with E-state index in [0.29, 0.717) is 18.2 Å². The number of morpholine rings is 1. The Kier molecular flexibility index (Phi) is 6.32. The first-order valence-electron chi connectivity index (χ1n) is 6.76. The highest BCUT2D eigenvalue weighted by Crippen LogP contribution is 2.13. The molecule has 16 heavy (non-hydrogen) atoms. The third kappa shape index (κ3) is 4.40. The van der Waals surface area contributed by atoms with Gasteiger partial charge in [0.15, 0.2) is 0 Å². The van der Waals surface area contributed by atoms with Crippen LogP contribution < -0.4 is 5.32 Å². The first-order valence-corrected chi connectivity index (χ1v) is 6.76. The molecule has 3 heteroatoms. The summed E-state index contributed by atoms with van der Waals surface area (Å²) in [6.07, 6.45) is 2.79. The van der Waals surface area contributed by atoms with Crippen molar-refractivity contribution in [3.8, 4) is 0 Å². The van der Waals surface area contributed by atoms with E-state index in [2.05, 4.69) is 37.9 Å². The van der Waals surface area contributed by atoms with E-state index in [-0.39, 0.29) is 0 Å². The summed E-state index contributed by atoms with van der Waals surface area (Å²) >= 11 is 0. The highest BCUT2D eigenvalue weighted by molar-refractivity contribution is 4.78. The molecule has 1 heterocycles. The predicted molar refractivity (Wildman–Crippen MR) is 68.8 cm³/mol. The van der Waals surface area contributed by atoms with Crippen molar-refractivity contribution in [3.63, 3.8) is 0 Å². The summed E-state index contributed by atoms with van der Waals surface area (Å²) in [7, 11) is 0. The molecule has 0 aromatic heterocycles. The Morgan fingerprint density at radius 3 is 2.81 bits per heavy atom. The number of nitrogens with one attached hydrogen (secondary N) is 1. The second kappa shape index (κ2) is 7.25. The summed E-state index contributed by atoms with van der Waals surface area (Å²) in [5.41, 5.74) is 0. The van der Waals surface area contributed by atoms with E-state index >= 15 is 0 Å². The third-order valence-electron chi connectivity index (χ3n) is 3.56. The lowest BCUT2D eigenvalue weighted by Crippen LogP contribution is -2.50. The molecule has 0 saturated carbocycles. The van der Waals surface area contributed by atoms with Gasteiger partial charge in [0.1, 0.15) is 0 Å². The van der Waals surface area contributed by atoms with Crippen LogP contribution in [-0.4, -0.2) is 49.3 Å². The van der Waals surface area contributed by atoms with Gasteiger partial charge >= 0.3 is 0 Å². The van der Waals surface area contributed by atoms with Gasteiger partial charge in [0, 0.05) is 31.7 Å². The minimum atomic E-state index is 0.395. The Morgan fingerprint density at radius 2 is 2.19 bits per heavy atom. The summed E-state index contributed by atoms with van der Waals surface area (Å²) in [6, 6.07) is 1.26. The smallest absolute Gasteiger partial charge is 0.0674 e. The minimum absolute atomic E-state index is 0.395. The van der Waals surface area contributed by atoms with Gasteiger partial charge in [0.25, 0.3) is 0 Å². The molecule has 3 unspecified atom stereocenters. The maximum Gasteiger partial charge on any atom is 0.0674 e. The quantitative estimate of drug-likeness (QED) is 0.751. The number of hydrogen-bond donors (Lipinski definition) is 1. The fraction of sp³-hybridized carbons (Fsp3) is 1.00. The Labute approximate surface area is 101 Å². The lowest BCUT2D eigenvalue weighted by Gasteiger charge is -2.38. The van der Waals surface area contributed by atoms with Crippen LogP contribution in [0.25, 0.3) is 0 Å². The summed E-state index contributed by atoms with van der Waals surface area (Å²) in [4.78, 5) is 2.57. The molecule has 1 rings (SSSR count). The highest BCUT2D eigenvalue weighted by atomic mass is 16.5. The molecule has 96 valence electrons. The van der Waals surface area contributed by atoms with Gasteiger partial charge in [-0.2, -0.15) is 0 Å². The number of ether oxygens (including phenoxy) is 1. The fourth-order valence-electron chi connectivity index (χ4n) is 2.16. The summed E-state index contributed by atoms with van der Waals surface area (Å²) in [6.45, 7) is 13.1. The van der Waals surface area contributed by atoms with Crippen molar-refractivity contribution in [2.24, 2.45) is 0 Å². The van der Waals surface area contributed by atoms with Gasteiger partial charge in [0.05, 0.1) is 12.7 Å². The van der Waals surface area contributed by atoms with Gasteiger partial charge in [-0.05, 0) is 26.7 Å². The van der Waals surface area contributed by atoms with Crippen molar-refractivity contribution in [2.75, 3.05) is 26.2 Å². The third-order valence-corrected chi connectivity index (χ3v) is 3.56. The lowest BCUT2D eigenvalue weighted by atomic mass is 10.1. The summed E-state index contributed by atoms with van der Waals surface area (Å²) < 4.78 is 5.70. The maximum absolute atomic E-state index is 5.70. The van der Waals surface area contributed by atoms with E-state index < -0.39 is 0 Å². The van der Waals surface area contributed by atoms with Crippen LogP contribution in [0.4, 0.5) is 0 Å². The maximum atomic E-state index is 5.70. The van der Waals surface area contributed by atoms with Crippen molar-refractivity contribution >= 4 is 0 Å². The first kappa shape index (κ1) is 13.9. The van der Waals surface area contributed by atoms with Crippen molar-refractivity contribution in [3.05, 3.63) is 0 Å². The Balaban J connectivity index is 2.26. The number of nitrogens with zero attached hydrogens (tertiary/aromatic N) is 1. The summed E-state index contributed by atoms with van der Waals surface area (Å²) in [5, 5.41) is 3.56. The topological polar surface area (TPSA) is 24.5 Å². The van der Waals surface area contributed by atoms with Crippen molar-refractivity contribution in [1.82, 2.24) is 10.2 Å². The molecule has 3 nitrogen and oxygen atoms in total. The van der Waals surface area contributed by atoms with Crippen molar-refractivity contribution in [1.29, 1.82) is 0 Å². The monoisotopic (exact) mass is 228 g/mol. The van der Waals surface area contributed by atoms with E-state index in [9.17, 15) is 0 Å². The van der Waals surface area contributed by atoms with E-state index in [4.69, 9.17) is 4.74 Å². The summed E-state index contributed by atoms with van der Waals surface area (Å²) in [5.74, 6) is 0. The average Bonchev–Trinajstić information content (AvgIpc) is 2.29. The molecular weight excluding hydrogens is 200 g/mol. The molecule has 0 amide bonds. The molecule has 1 N–H and O–H groups in total. The van der Waals surface area contributed by atoms with Crippen LogP contribution in [0.15, 0.2) is 0 Å². The molecule has 0 aromatic rings.